The lowest BCUT2D eigenvalue weighted by Gasteiger charge is -2.20. The maximum atomic E-state index is 9.21. The van der Waals surface area contributed by atoms with Gasteiger partial charge in [-0.15, -0.1) is 0 Å². The number of thioether (sulfide) groups is 1. The van der Waals surface area contributed by atoms with E-state index in [1.165, 1.54) is 17.7 Å². The molecule has 0 aromatic heterocycles. The van der Waals surface area contributed by atoms with Crippen LogP contribution in [0.2, 0.25) is 0 Å². The van der Waals surface area contributed by atoms with Gasteiger partial charge in [0.15, 0.2) is 0 Å². The lowest BCUT2D eigenvalue weighted by Crippen LogP contribution is -2.29. The normalized spacial score (nSPS) is 14.7. The van der Waals surface area contributed by atoms with E-state index in [1.54, 1.807) is 12.1 Å². The molecule has 0 fully saturated rings. The van der Waals surface area contributed by atoms with Crippen molar-refractivity contribution in [1.82, 2.24) is 5.32 Å². The molecule has 0 bridgehead atoms. The predicted molar refractivity (Wildman–Crippen MR) is 72.1 cm³/mol. The quantitative estimate of drug-likeness (QED) is 0.799. The molecule has 0 aliphatic rings. The van der Waals surface area contributed by atoms with Crippen molar-refractivity contribution in [3.8, 4) is 5.75 Å². The Labute approximate surface area is 102 Å². The van der Waals surface area contributed by atoms with Gasteiger partial charge in [0.1, 0.15) is 5.75 Å². The van der Waals surface area contributed by atoms with E-state index in [-0.39, 0.29) is 0 Å². The van der Waals surface area contributed by atoms with Crippen molar-refractivity contribution in [3.05, 3.63) is 29.8 Å². The first-order valence-electron chi connectivity index (χ1n) is 5.67. The molecule has 90 valence electrons. The Kier molecular flexibility index (Phi) is 5.71. The second kappa shape index (κ2) is 6.81. The number of rotatable bonds is 6. The minimum Gasteiger partial charge on any atom is -0.508 e. The summed E-state index contributed by atoms with van der Waals surface area (Å²) in [5.41, 5.74) is 1.22. The van der Waals surface area contributed by atoms with Crippen LogP contribution in [0.1, 0.15) is 31.9 Å². The van der Waals surface area contributed by atoms with Crippen molar-refractivity contribution in [3.63, 3.8) is 0 Å². The Balaban J connectivity index is 2.45. The van der Waals surface area contributed by atoms with Crippen LogP contribution < -0.4 is 5.32 Å². The van der Waals surface area contributed by atoms with Crippen LogP contribution in [0.4, 0.5) is 0 Å². The average Bonchev–Trinajstić information content (AvgIpc) is 2.27. The van der Waals surface area contributed by atoms with Crippen molar-refractivity contribution < 1.29 is 5.11 Å². The first-order valence-corrected chi connectivity index (χ1v) is 7.06. The van der Waals surface area contributed by atoms with Gasteiger partial charge in [-0.3, -0.25) is 0 Å². The minimum absolute atomic E-state index is 0.325. The van der Waals surface area contributed by atoms with Crippen LogP contribution in [0, 0.1) is 0 Å². The highest BCUT2D eigenvalue weighted by Gasteiger charge is 2.08. The van der Waals surface area contributed by atoms with Gasteiger partial charge in [-0.2, -0.15) is 11.8 Å². The zero-order valence-corrected chi connectivity index (χ0v) is 11.1. The van der Waals surface area contributed by atoms with E-state index in [0.29, 0.717) is 17.8 Å². The van der Waals surface area contributed by atoms with Gasteiger partial charge in [0.25, 0.3) is 0 Å². The third-order valence-electron chi connectivity index (χ3n) is 2.68. The highest BCUT2D eigenvalue weighted by Crippen LogP contribution is 2.17. The molecule has 0 aliphatic carbocycles. The van der Waals surface area contributed by atoms with Gasteiger partial charge in [0, 0.05) is 12.1 Å². The van der Waals surface area contributed by atoms with Gasteiger partial charge in [-0.25, -0.2) is 0 Å². The lowest BCUT2D eigenvalue weighted by molar-refractivity contribution is 0.465. The molecule has 0 spiro atoms. The van der Waals surface area contributed by atoms with E-state index in [4.69, 9.17) is 0 Å². The van der Waals surface area contributed by atoms with Crippen LogP contribution in [0.3, 0.4) is 0 Å². The second-order valence-corrected chi connectivity index (χ2v) is 5.15. The summed E-state index contributed by atoms with van der Waals surface area (Å²) in [7, 11) is 0. The minimum atomic E-state index is 0.325. The Morgan fingerprint density at radius 1 is 1.25 bits per heavy atom. The Bertz CT molecular complexity index is 299. The summed E-state index contributed by atoms with van der Waals surface area (Å²) in [5.74, 6) is 1.52. The molecule has 2 nitrogen and oxygen atoms in total. The highest BCUT2D eigenvalue weighted by atomic mass is 32.2. The number of hydrogen-bond acceptors (Lipinski definition) is 3. The van der Waals surface area contributed by atoms with Crippen LogP contribution in [0.15, 0.2) is 24.3 Å². The summed E-state index contributed by atoms with van der Waals surface area (Å²) >= 11 is 1.88. The summed E-state index contributed by atoms with van der Waals surface area (Å²) in [6.07, 6.45) is 3.32. The molecule has 1 aromatic rings. The van der Waals surface area contributed by atoms with Gasteiger partial charge >= 0.3 is 0 Å². The number of phenolic OH excluding ortho intramolecular Hbond substituents is 1. The molecule has 2 atom stereocenters. The maximum Gasteiger partial charge on any atom is 0.115 e. The zero-order valence-electron chi connectivity index (χ0n) is 10.2. The number of phenols is 1. The monoisotopic (exact) mass is 239 g/mol. The molecular weight excluding hydrogens is 218 g/mol. The van der Waals surface area contributed by atoms with E-state index >= 15 is 0 Å². The van der Waals surface area contributed by atoms with Crippen LogP contribution in [0.25, 0.3) is 0 Å². The summed E-state index contributed by atoms with van der Waals surface area (Å²) < 4.78 is 0. The molecule has 2 N–H and O–H groups in total. The molecular formula is C13H21NOS. The van der Waals surface area contributed by atoms with Crippen molar-refractivity contribution >= 4 is 11.8 Å². The highest BCUT2D eigenvalue weighted by molar-refractivity contribution is 7.98. The van der Waals surface area contributed by atoms with Crippen LogP contribution >= 0.6 is 11.8 Å². The summed E-state index contributed by atoms with van der Waals surface area (Å²) in [6, 6.07) is 8.26. The average molecular weight is 239 g/mol. The first-order chi connectivity index (χ1) is 7.63. The van der Waals surface area contributed by atoms with E-state index in [2.05, 4.69) is 25.4 Å². The van der Waals surface area contributed by atoms with E-state index in [1.807, 2.05) is 23.9 Å². The molecule has 0 radical (unpaired) electrons. The van der Waals surface area contributed by atoms with E-state index in [9.17, 15) is 5.11 Å². The fourth-order valence-corrected chi connectivity index (χ4v) is 2.25. The fourth-order valence-electron chi connectivity index (χ4n) is 1.66. The molecule has 3 heteroatoms. The molecule has 0 aliphatic heterocycles. The Morgan fingerprint density at radius 3 is 2.44 bits per heavy atom. The smallest absolute Gasteiger partial charge is 0.115 e. The molecule has 16 heavy (non-hydrogen) atoms. The van der Waals surface area contributed by atoms with Crippen molar-refractivity contribution in [2.75, 3.05) is 12.0 Å². The number of aromatic hydroxyl groups is 1. The van der Waals surface area contributed by atoms with Crippen LogP contribution in [0.5, 0.6) is 5.75 Å². The van der Waals surface area contributed by atoms with Crippen molar-refractivity contribution in [2.24, 2.45) is 0 Å². The van der Waals surface area contributed by atoms with Gasteiger partial charge < -0.3 is 10.4 Å². The number of benzene rings is 1. The van der Waals surface area contributed by atoms with Gasteiger partial charge in [-0.05, 0) is 50.0 Å². The SMILES string of the molecule is CSCCC(C)NC(C)c1ccc(O)cc1. The fraction of sp³-hybridized carbons (Fsp3) is 0.538. The standard InChI is InChI=1S/C13H21NOS/c1-10(8-9-16-3)14-11(2)12-4-6-13(15)7-5-12/h4-7,10-11,14-15H,8-9H2,1-3H3. The maximum absolute atomic E-state index is 9.21. The first kappa shape index (κ1) is 13.4. The van der Waals surface area contributed by atoms with Gasteiger partial charge in [0.05, 0.1) is 0 Å². The van der Waals surface area contributed by atoms with Gasteiger partial charge in [0.2, 0.25) is 0 Å². The number of hydrogen-bond donors (Lipinski definition) is 2. The number of nitrogens with one attached hydrogen (secondary N) is 1. The third-order valence-corrected chi connectivity index (χ3v) is 3.33. The molecule has 0 heterocycles. The topological polar surface area (TPSA) is 32.3 Å². The molecule has 0 amide bonds. The molecule has 1 rings (SSSR count). The molecule has 1 aromatic carbocycles. The zero-order chi connectivity index (χ0) is 12.0. The second-order valence-electron chi connectivity index (χ2n) is 4.16. The Morgan fingerprint density at radius 2 is 1.88 bits per heavy atom. The summed E-state index contributed by atoms with van der Waals surface area (Å²) in [4.78, 5) is 0. The Hall–Kier alpha value is -0.670. The molecule has 0 saturated carbocycles. The van der Waals surface area contributed by atoms with Crippen molar-refractivity contribution in [2.45, 2.75) is 32.4 Å². The largest absolute Gasteiger partial charge is 0.508 e. The van der Waals surface area contributed by atoms with Crippen molar-refractivity contribution in [1.29, 1.82) is 0 Å². The molecule has 0 saturated heterocycles. The van der Waals surface area contributed by atoms with E-state index < -0.39 is 0 Å². The molecule has 2 unspecified atom stereocenters. The lowest BCUT2D eigenvalue weighted by atomic mass is 10.1. The van der Waals surface area contributed by atoms with Crippen LogP contribution in [-0.2, 0) is 0 Å². The van der Waals surface area contributed by atoms with Crippen LogP contribution in [-0.4, -0.2) is 23.2 Å². The van der Waals surface area contributed by atoms with E-state index in [0.717, 1.165) is 0 Å². The predicted octanol–water partition coefficient (Wildman–Crippen LogP) is 3.18. The summed E-state index contributed by atoms with van der Waals surface area (Å²) in [5, 5.41) is 12.8. The third kappa shape index (κ3) is 4.45. The summed E-state index contributed by atoms with van der Waals surface area (Å²) in [6.45, 7) is 4.37. The van der Waals surface area contributed by atoms with Gasteiger partial charge in [-0.1, -0.05) is 12.1 Å².